The summed E-state index contributed by atoms with van der Waals surface area (Å²) < 4.78 is 5.40. The van der Waals surface area contributed by atoms with Crippen LogP contribution in [0.15, 0.2) is 21.4 Å². The fourth-order valence-electron chi connectivity index (χ4n) is 1.69. The highest BCUT2D eigenvalue weighted by Gasteiger charge is 2.38. The van der Waals surface area contributed by atoms with Crippen molar-refractivity contribution in [3.8, 4) is 0 Å². The van der Waals surface area contributed by atoms with Crippen LogP contribution in [0.2, 0.25) is 0 Å². The molecule has 0 radical (unpaired) electrons. The van der Waals surface area contributed by atoms with Crippen LogP contribution in [0.1, 0.15) is 29.6 Å². The molecule has 1 aromatic rings. The van der Waals surface area contributed by atoms with Crippen LogP contribution >= 0.6 is 15.9 Å². The van der Waals surface area contributed by atoms with Gasteiger partial charge in [0, 0.05) is 0 Å². The third-order valence-electron chi connectivity index (χ3n) is 2.85. The lowest BCUT2D eigenvalue weighted by Gasteiger charge is -2.40. The molecular weight excluding hydrogens is 262 g/mol. The van der Waals surface area contributed by atoms with Crippen molar-refractivity contribution < 1.29 is 14.3 Å². The number of carbonyl (C=O) groups is 1. The first-order valence-corrected chi connectivity index (χ1v) is 5.62. The summed E-state index contributed by atoms with van der Waals surface area (Å²) in [5, 5.41) is 12.0. The predicted molar refractivity (Wildman–Crippen MR) is 57.5 cm³/mol. The molecule has 1 fully saturated rings. The second kappa shape index (κ2) is 3.98. The largest absolute Gasteiger partial charge is 0.457 e. The Kier molecular flexibility index (Phi) is 2.84. The molecule has 0 aromatic carbocycles. The average molecular weight is 274 g/mol. The van der Waals surface area contributed by atoms with Gasteiger partial charge in [0.25, 0.3) is 5.91 Å². The first kappa shape index (κ1) is 10.7. The van der Waals surface area contributed by atoms with Crippen LogP contribution in [-0.4, -0.2) is 23.2 Å². The van der Waals surface area contributed by atoms with Gasteiger partial charge in [-0.2, -0.15) is 0 Å². The van der Waals surface area contributed by atoms with Crippen molar-refractivity contribution in [1.82, 2.24) is 5.32 Å². The Labute approximate surface area is 95.8 Å². The van der Waals surface area contributed by atoms with Gasteiger partial charge in [0.05, 0.1) is 24.0 Å². The van der Waals surface area contributed by atoms with Crippen molar-refractivity contribution in [2.45, 2.75) is 24.8 Å². The lowest BCUT2D eigenvalue weighted by atomic mass is 9.77. The van der Waals surface area contributed by atoms with Crippen LogP contribution in [0, 0.1) is 0 Å². The van der Waals surface area contributed by atoms with E-state index in [1.54, 1.807) is 6.07 Å². The molecule has 0 aliphatic heterocycles. The number of aliphatic hydroxyl groups is 1. The summed E-state index contributed by atoms with van der Waals surface area (Å²) in [7, 11) is 0. The normalized spacial score (nSPS) is 18.3. The van der Waals surface area contributed by atoms with Crippen molar-refractivity contribution >= 4 is 21.8 Å². The molecule has 1 heterocycles. The van der Waals surface area contributed by atoms with E-state index in [1.165, 1.54) is 6.26 Å². The van der Waals surface area contributed by atoms with E-state index in [-0.39, 0.29) is 12.5 Å². The van der Waals surface area contributed by atoms with Crippen molar-refractivity contribution in [3.05, 3.63) is 22.6 Å². The maximum absolute atomic E-state index is 11.8. The Morgan fingerprint density at radius 2 is 2.40 bits per heavy atom. The molecule has 0 unspecified atom stereocenters. The van der Waals surface area contributed by atoms with Crippen LogP contribution in [0.25, 0.3) is 0 Å². The summed E-state index contributed by atoms with van der Waals surface area (Å²) in [6.07, 6.45) is 4.17. The molecule has 4 nitrogen and oxygen atoms in total. The van der Waals surface area contributed by atoms with Gasteiger partial charge in [-0.1, -0.05) is 0 Å². The summed E-state index contributed by atoms with van der Waals surface area (Å²) in [5.41, 5.74) is 0.0584. The Hall–Kier alpha value is -0.810. The number of furan rings is 1. The van der Waals surface area contributed by atoms with E-state index in [0.717, 1.165) is 19.3 Å². The number of aliphatic hydroxyl groups excluding tert-OH is 1. The van der Waals surface area contributed by atoms with Crippen LogP contribution in [0.3, 0.4) is 0 Å². The zero-order valence-electron chi connectivity index (χ0n) is 8.12. The lowest BCUT2D eigenvalue weighted by molar-refractivity contribution is 0.0640. The number of halogens is 1. The molecule has 15 heavy (non-hydrogen) atoms. The van der Waals surface area contributed by atoms with E-state index in [9.17, 15) is 9.90 Å². The molecule has 0 atom stereocenters. The van der Waals surface area contributed by atoms with Crippen LogP contribution in [-0.2, 0) is 0 Å². The Balaban J connectivity index is 2.07. The van der Waals surface area contributed by atoms with E-state index in [2.05, 4.69) is 21.2 Å². The highest BCUT2D eigenvalue weighted by atomic mass is 79.9. The summed E-state index contributed by atoms with van der Waals surface area (Å²) in [5.74, 6) is -0.204. The molecular formula is C10H12BrNO3. The van der Waals surface area contributed by atoms with Gasteiger partial charge in [-0.05, 0) is 41.3 Å². The molecule has 1 aliphatic rings. The van der Waals surface area contributed by atoms with Crippen molar-refractivity contribution in [3.63, 3.8) is 0 Å². The second-order valence-electron chi connectivity index (χ2n) is 3.85. The summed E-state index contributed by atoms with van der Waals surface area (Å²) >= 11 is 3.15. The minimum Gasteiger partial charge on any atom is -0.457 e. The van der Waals surface area contributed by atoms with Crippen molar-refractivity contribution in [2.24, 2.45) is 0 Å². The molecule has 1 saturated carbocycles. The molecule has 82 valence electrons. The van der Waals surface area contributed by atoms with Gasteiger partial charge in [-0.15, -0.1) is 0 Å². The molecule has 2 N–H and O–H groups in total. The number of nitrogens with one attached hydrogen (secondary N) is 1. The number of hydrogen-bond acceptors (Lipinski definition) is 3. The van der Waals surface area contributed by atoms with Gasteiger partial charge in [0.15, 0.2) is 4.67 Å². The van der Waals surface area contributed by atoms with E-state index in [0.29, 0.717) is 10.2 Å². The zero-order valence-corrected chi connectivity index (χ0v) is 9.71. The molecule has 1 amide bonds. The maximum atomic E-state index is 11.8. The highest BCUT2D eigenvalue weighted by Crippen LogP contribution is 2.32. The van der Waals surface area contributed by atoms with Crippen LogP contribution < -0.4 is 5.32 Å². The van der Waals surface area contributed by atoms with Crippen LogP contribution in [0.4, 0.5) is 0 Å². The Morgan fingerprint density at radius 3 is 2.80 bits per heavy atom. The van der Waals surface area contributed by atoms with E-state index < -0.39 is 5.54 Å². The number of rotatable bonds is 3. The Bertz CT molecular complexity index is 365. The molecule has 1 aliphatic carbocycles. The monoisotopic (exact) mass is 273 g/mol. The first-order chi connectivity index (χ1) is 7.17. The van der Waals surface area contributed by atoms with Gasteiger partial charge in [-0.25, -0.2) is 0 Å². The van der Waals surface area contributed by atoms with Crippen LogP contribution in [0.5, 0.6) is 0 Å². The average Bonchev–Trinajstić information content (AvgIpc) is 2.58. The Morgan fingerprint density at radius 1 is 1.67 bits per heavy atom. The van der Waals surface area contributed by atoms with E-state index >= 15 is 0 Å². The van der Waals surface area contributed by atoms with Crippen molar-refractivity contribution in [2.75, 3.05) is 6.61 Å². The topological polar surface area (TPSA) is 62.5 Å². The number of hydrogen-bond donors (Lipinski definition) is 2. The van der Waals surface area contributed by atoms with E-state index in [4.69, 9.17) is 4.42 Å². The smallest absolute Gasteiger partial charge is 0.256 e. The maximum Gasteiger partial charge on any atom is 0.256 e. The highest BCUT2D eigenvalue weighted by molar-refractivity contribution is 9.10. The van der Waals surface area contributed by atoms with Gasteiger partial charge >= 0.3 is 0 Å². The number of carbonyl (C=O) groups excluding carboxylic acids is 1. The first-order valence-electron chi connectivity index (χ1n) is 4.83. The van der Waals surface area contributed by atoms with Gasteiger partial charge in [-0.3, -0.25) is 4.79 Å². The molecule has 1 aromatic heterocycles. The molecule has 0 saturated heterocycles. The molecule has 2 rings (SSSR count). The standard InChI is InChI=1S/C10H12BrNO3/c11-8-7(2-5-15-8)9(14)12-10(6-13)3-1-4-10/h2,5,13H,1,3-4,6H2,(H,12,14). The lowest BCUT2D eigenvalue weighted by Crippen LogP contribution is -2.56. The molecule has 0 bridgehead atoms. The van der Waals surface area contributed by atoms with Gasteiger partial charge < -0.3 is 14.8 Å². The molecule has 5 heteroatoms. The quantitative estimate of drug-likeness (QED) is 0.881. The molecule has 0 spiro atoms. The summed E-state index contributed by atoms with van der Waals surface area (Å²) in [6, 6.07) is 1.60. The van der Waals surface area contributed by atoms with Gasteiger partial charge in [0.1, 0.15) is 0 Å². The SMILES string of the molecule is O=C(NC1(CO)CCC1)c1ccoc1Br. The minimum absolute atomic E-state index is 0.00574. The summed E-state index contributed by atoms with van der Waals surface area (Å²) in [4.78, 5) is 11.8. The second-order valence-corrected chi connectivity index (χ2v) is 4.57. The third kappa shape index (κ3) is 1.94. The van der Waals surface area contributed by atoms with Crippen molar-refractivity contribution in [1.29, 1.82) is 0 Å². The van der Waals surface area contributed by atoms with E-state index in [1.807, 2.05) is 0 Å². The minimum atomic E-state index is -0.409. The fraction of sp³-hybridized carbons (Fsp3) is 0.500. The van der Waals surface area contributed by atoms with Gasteiger partial charge in [0.2, 0.25) is 0 Å². The third-order valence-corrected chi connectivity index (χ3v) is 3.47. The number of amides is 1. The fourth-order valence-corrected chi connectivity index (χ4v) is 2.11. The summed E-state index contributed by atoms with van der Waals surface area (Å²) in [6.45, 7) is -0.00574. The zero-order chi connectivity index (χ0) is 10.9. The predicted octanol–water partition coefficient (Wildman–Crippen LogP) is 1.69.